The molecule has 0 amide bonds. The maximum atomic E-state index is 11.4. The van der Waals surface area contributed by atoms with Crippen molar-refractivity contribution in [1.82, 2.24) is 14.9 Å². The van der Waals surface area contributed by atoms with Crippen molar-refractivity contribution >= 4 is 0 Å². The largest absolute Gasteiger partial charge is 0.477 e. The first kappa shape index (κ1) is 13.1. The molecule has 1 aromatic rings. The molecule has 2 rings (SSSR count). The molecule has 18 heavy (non-hydrogen) atoms. The van der Waals surface area contributed by atoms with Crippen LogP contribution in [0.3, 0.4) is 0 Å². The van der Waals surface area contributed by atoms with Crippen LogP contribution < -0.4 is 10.3 Å². The van der Waals surface area contributed by atoms with Crippen molar-refractivity contribution in [2.45, 2.75) is 38.6 Å². The van der Waals surface area contributed by atoms with Gasteiger partial charge in [-0.1, -0.05) is 6.92 Å². The van der Waals surface area contributed by atoms with Crippen LogP contribution in [0, 0.1) is 0 Å². The van der Waals surface area contributed by atoms with Gasteiger partial charge in [-0.05, 0) is 32.9 Å². The quantitative estimate of drug-likeness (QED) is 0.854. The molecule has 5 nitrogen and oxygen atoms in total. The lowest BCUT2D eigenvalue weighted by atomic mass is 10.1. The Labute approximate surface area is 107 Å². The van der Waals surface area contributed by atoms with E-state index in [-0.39, 0.29) is 5.56 Å². The highest BCUT2D eigenvalue weighted by Crippen LogP contribution is 2.17. The van der Waals surface area contributed by atoms with Gasteiger partial charge in [-0.2, -0.15) is 0 Å². The van der Waals surface area contributed by atoms with Crippen LogP contribution in [-0.2, 0) is 6.42 Å². The standard InChI is InChI=1S/C13H21N3O2/c1-3-11-14-12(17)9-13(15-11)18-8-6-10-5-4-7-16(10)2/h9-10H,3-8H2,1-2H3,(H,14,15,17). The number of rotatable bonds is 5. The van der Waals surface area contributed by atoms with Crippen molar-refractivity contribution in [1.29, 1.82) is 0 Å². The third kappa shape index (κ3) is 3.32. The zero-order chi connectivity index (χ0) is 13.0. The molecule has 1 aromatic heterocycles. The van der Waals surface area contributed by atoms with Crippen LogP contribution in [-0.4, -0.2) is 41.1 Å². The monoisotopic (exact) mass is 251 g/mol. The van der Waals surface area contributed by atoms with E-state index >= 15 is 0 Å². The topological polar surface area (TPSA) is 58.2 Å². The second kappa shape index (κ2) is 6.00. The molecule has 0 spiro atoms. The number of H-pyrrole nitrogens is 1. The minimum absolute atomic E-state index is 0.144. The maximum Gasteiger partial charge on any atom is 0.254 e. The van der Waals surface area contributed by atoms with E-state index in [0.717, 1.165) is 6.42 Å². The van der Waals surface area contributed by atoms with Crippen LogP contribution in [0.5, 0.6) is 5.88 Å². The van der Waals surface area contributed by atoms with Crippen LogP contribution in [0.4, 0.5) is 0 Å². The highest BCUT2D eigenvalue weighted by Gasteiger charge is 2.20. The normalized spacial score (nSPS) is 20.2. The van der Waals surface area contributed by atoms with Crippen LogP contribution >= 0.6 is 0 Å². The van der Waals surface area contributed by atoms with Gasteiger partial charge in [-0.15, -0.1) is 0 Å². The van der Waals surface area contributed by atoms with Gasteiger partial charge >= 0.3 is 0 Å². The molecule has 0 aromatic carbocycles. The van der Waals surface area contributed by atoms with Crippen molar-refractivity contribution in [2.75, 3.05) is 20.2 Å². The van der Waals surface area contributed by atoms with E-state index in [2.05, 4.69) is 21.9 Å². The fraction of sp³-hybridized carbons (Fsp3) is 0.692. The maximum absolute atomic E-state index is 11.4. The molecular weight excluding hydrogens is 230 g/mol. The number of aryl methyl sites for hydroxylation is 1. The average Bonchev–Trinajstić information content (AvgIpc) is 2.74. The molecule has 0 saturated carbocycles. The van der Waals surface area contributed by atoms with Crippen molar-refractivity contribution in [3.8, 4) is 5.88 Å². The Morgan fingerprint density at radius 1 is 1.61 bits per heavy atom. The summed E-state index contributed by atoms with van der Waals surface area (Å²) >= 11 is 0. The van der Waals surface area contributed by atoms with E-state index in [1.807, 2.05) is 6.92 Å². The summed E-state index contributed by atoms with van der Waals surface area (Å²) in [4.78, 5) is 20.6. The summed E-state index contributed by atoms with van der Waals surface area (Å²) < 4.78 is 5.58. The number of hydrogen-bond donors (Lipinski definition) is 1. The molecule has 0 radical (unpaired) electrons. The first-order chi connectivity index (χ1) is 8.69. The molecule has 1 aliphatic heterocycles. The zero-order valence-corrected chi connectivity index (χ0v) is 11.1. The molecule has 1 atom stereocenters. The summed E-state index contributed by atoms with van der Waals surface area (Å²) in [6.45, 7) is 3.75. The fourth-order valence-electron chi connectivity index (χ4n) is 2.37. The minimum Gasteiger partial charge on any atom is -0.477 e. The van der Waals surface area contributed by atoms with Gasteiger partial charge in [-0.25, -0.2) is 4.98 Å². The van der Waals surface area contributed by atoms with Gasteiger partial charge < -0.3 is 14.6 Å². The minimum atomic E-state index is -0.144. The first-order valence-corrected chi connectivity index (χ1v) is 6.62. The Bertz CT molecular complexity index is 444. The van der Waals surface area contributed by atoms with E-state index in [1.165, 1.54) is 25.5 Å². The highest BCUT2D eigenvalue weighted by molar-refractivity contribution is 5.08. The van der Waals surface area contributed by atoms with Gasteiger partial charge in [0.2, 0.25) is 5.88 Å². The van der Waals surface area contributed by atoms with Gasteiger partial charge in [-0.3, -0.25) is 4.79 Å². The summed E-state index contributed by atoms with van der Waals surface area (Å²) in [5.74, 6) is 1.12. The third-order valence-corrected chi connectivity index (χ3v) is 3.47. The van der Waals surface area contributed by atoms with Crippen molar-refractivity contribution in [3.63, 3.8) is 0 Å². The summed E-state index contributed by atoms with van der Waals surface area (Å²) in [5.41, 5.74) is -0.144. The Kier molecular flexibility index (Phi) is 4.36. The number of ether oxygens (including phenoxy) is 1. The van der Waals surface area contributed by atoms with Gasteiger partial charge in [0.1, 0.15) is 5.82 Å². The predicted octanol–water partition coefficient (Wildman–Crippen LogP) is 1.20. The van der Waals surface area contributed by atoms with E-state index < -0.39 is 0 Å². The molecule has 100 valence electrons. The molecule has 2 heterocycles. The molecule has 1 saturated heterocycles. The molecule has 1 unspecified atom stereocenters. The molecule has 1 fully saturated rings. The fourth-order valence-corrected chi connectivity index (χ4v) is 2.37. The van der Waals surface area contributed by atoms with Gasteiger partial charge in [0.05, 0.1) is 12.7 Å². The smallest absolute Gasteiger partial charge is 0.254 e. The van der Waals surface area contributed by atoms with Gasteiger partial charge in [0, 0.05) is 12.5 Å². The van der Waals surface area contributed by atoms with Gasteiger partial charge in [0.25, 0.3) is 5.56 Å². The summed E-state index contributed by atoms with van der Waals surface area (Å²) in [7, 11) is 2.15. The van der Waals surface area contributed by atoms with Crippen LogP contribution in [0.2, 0.25) is 0 Å². The number of nitrogens with one attached hydrogen (secondary N) is 1. The molecule has 0 bridgehead atoms. The number of aromatic amines is 1. The lowest BCUT2D eigenvalue weighted by Gasteiger charge is -2.19. The van der Waals surface area contributed by atoms with E-state index in [9.17, 15) is 4.79 Å². The molecule has 1 N–H and O–H groups in total. The third-order valence-electron chi connectivity index (χ3n) is 3.47. The van der Waals surface area contributed by atoms with E-state index in [4.69, 9.17) is 4.74 Å². The summed E-state index contributed by atoms with van der Waals surface area (Å²) in [5, 5.41) is 0. The summed E-state index contributed by atoms with van der Waals surface area (Å²) in [6, 6.07) is 2.02. The SMILES string of the molecule is CCc1nc(OCCC2CCCN2C)cc(=O)[nH]1. The van der Waals surface area contributed by atoms with Crippen molar-refractivity contribution < 1.29 is 4.74 Å². The Morgan fingerprint density at radius 2 is 2.44 bits per heavy atom. The van der Waals surface area contributed by atoms with Gasteiger partial charge in [0.15, 0.2) is 0 Å². The number of hydrogen-bond acceptors (Lipinski definition) is 4. The van der Waals surface area contributed by atoms with E-state index in [1.54, 1.807) is 0 Å². The second-order valence-corrected chi connectivity index (χ2v) is 4.80. The highest BCUT2D eigenvalue weighted by atomic mass is 16.5. The number of nitrogens with zero attached hydrogens (tertiary/aromatic N) is 2. The lowest BCUT2D eigenvalue weighted by molar-refractivity contribution is 0.228. The molecule has 5 heteroatoms. The number of aromatic nitrogens is 2. The second-order valence-electron chi connectivity index (χ2n) is 4.80. The molecular formula is C13H21N3O2. The van der Waals surface area contributed by atoms with Crippen LogP contribution in [0.15, 0.2) is 10.9 Å². The molecule has 0 aliphatic carbocycles. The first-order valence-electron chi connectivity index (χ1n) is 6.62. The van der Waals surface area contributed by atoms with Crippen molar-refractivity contribution in [3.05, 3.63) is 22.2 Å². The zero-order valence-electron chi connectivity index (χ0n) is 11.1. The van der Waals surface area contributed by atoms with E-state index in [0.29, 0.717) is 30.8 Å². The Morgan fingerprint density at radius 3 is 3.11 bits per heavy atom. The van der Waals surface area contributed by atoms with Crippen LogP contribution in [0.25, 0.3) is 0 Å². The van der Waals surface area contributed by atoms with Crippen molar-refractivity contribution in [2.24, 2.45) is 0 Å². The Hall–Kier alpha value is -1.36. The number of likely N-dealkylation sites (tertiary alicyclic amines) is 1. The summed E-state index contributed by atoms with van der Waals surface area (Å²) in [6.07, 6.45) is 4.21. The lowest BCUT2D eigenvalue weighted by Crippen LogP contribution is -2.26. The molecule has 1 aliphatic rings. The average molecular weight is 251 g/mol. The Balaban J connectivity index is 1.86. The predicted molar refractivity (Wildman–Crippen MR) is 70.0 cm³/mol. The van der Waals surface area contributed by atoms with Crippen LogP contribution in [0.1, 0.15) is 32.0 Å².